The summed E-state index contributed by atoms with van der Waals surface area (Å²) in [5.74, 6) is 2.19. The summed E-state index contributed by atoms with van der Waals surface area (Å²) in [4.78, 5) is 15.2. The number of guanidine groups is 1. The van der Waals surface area contributed by atoms with Gasteiger partial charge in [0.1, 0.15) is 18.5 Å². The maximum absolute atomic E-state index is 11.0. The lowest BCUT2D eigenvalue weighted by molar-refractivity contribution is 0.0936. The Balaban J connectivity index is 1.47. The highest BCUT2D eigenvalue weighted by Crippen LogP contribution is 2.30. The molecule has 1 aliphatic heterocycles. The molecule has 1 atom stereocenters. The lowest BCUT2D eigenvalue weighted by Gasteiger charge is -2.27. The largest absolute Gasteiger partial charge is 0.486 e. The van der Waals surface area contributed by atoms with Crippen molar-refractivity contribution >= 4 is 11.9 Å². The number of rotatable bonds is 5. The Hall–Kier alpha value is -3.16. The molecular weight excluding hydrogens is 324 g/mol. The number of nitrogens with two attached hydrogens (primary N) is 1. The quantitative estimate of drug-likeness (QED) is 0.548. The number of nitrogens with one attached hydrogen (secondary N) is 2. The van der Waals surface area contributed by atoms with Crippen LogP contribution in [-0.4, -0.2) is 38.2 Å². The number of hydrogen-bond acceptors (Lipinski definition) is 5. The molecule has 8 nitrogen and oxygen atoms in total. The van der Waals surface area contributed by atoms with Crippen LogP contribution in [0.2, 0.25) is 0 Å². The number of amides is 1. The lowest BCUT2D eigenvalue weighted by atomic mass is 10.2. The summed E-state index contributed by atoms with van der Waals surface area (Å²) in [6.07, 6.45) is -0.126. The first-order chi connectivity index (χ1) is 12.2. The van der Waals surface area contributed by atoms with Crippen LogP contribution in [0.5, 0.6) is 11.5 Å². The number of furan rings is 1. The van der Waals surface area contributed by atoms with Crippen molar-refractivity contribution in [3.8, 4) is 11.5 Å². The van der Waals surface area contributed by atoms with Gasteiger partial charge in [-0.25, -0.2) is 0 Å². The van der Waals surface area contributed by atoms with Crippen molar-refractivity contribution in [2.24, 2.45) is 10.7 Å². The molecule has 1 aromatic heterocycles. The molecule has 132 valence electrons. The van der Waals surface area contributed by atoms with Gasteiger partial charge in [0.2, 0.25) is 0 Å². The van der Waals surface area contributed by atoms with E-state index in [1.54, 1.807) is 19.2 Å². The normalized spacial score (nSPS) is 16.4. The summed E-state index contributed by atoms with van der Waals surface area (Å²) >= 11 is 0. The maximum Gasteiger partial charge on any atom is 0.284 e. The minimum atomic E-state index is -0.594. The van der Waals surface area contributed by atoms with Crippen molar-refractivity contribution in [3.63, 3.8) is 0 Å². The van der Waals surface area contributed by atoms with Crippen LogP contribution in [0.3, 0.4) is 0 Å². The fourth-order valence-corrected chi connectivity index (χ4v) is 2.37. The summed E-state index contributed by atoms with van der Waals surface area (Å²) in [6, 6.07) is 10.8. The first-order valence-electron chi connectivity index (χ1n) is 7.87. The Morgan fingerprint density at radius 1 is 1.24 bits per heavy atom. The van der Waals surface area contributed by atoms with Crippen molar-refractivity contribution in [1.82, 2.24) is 10.6 Å². The topological polar surface area (TPSA) is 111 Å². The van der Waals surface area contributed by atoms with Gasteiger partial charge in [-0.1, -0.05) is 12.1 Å². The molecule has 1 aliphatic rings. The third kappa shape index (κ3) is 4.23. The number of nitrogens with zero attached hydrogens (tertiary/aromatic N) is 1. The zero-order chi connectivity index (χ0) is 17.6. The van der Waals surface area contributed by atoms with Gasteiger partial charge < -0.3 is 30.3 Å². The van der Waals surface area contributed by atoms with E-state index >= 15 is 0 Å². The van der Waals surface area contributed by atoms with E-state index in [1.165, 1.54) is 0 Å². The molecule has 2 heterocycles. The first kappa shape index (κ1) is 16.7. The Kier molecular flexibility index (Phi) is 5.08. The molecule has 0 spiro atoms. The van der Waals surface area contributed by atoms with E-state index in [4.69, 9.17) is 19.6 Å². The molecule has 8 heteroatoms. The number of carbonyl (C=O) groups excluding carboxylic acids is 1. The van der Waals surface area contributed by atoms with Crippen molar-refractivity contribution < 1.29 is 18.7 Å². The molecule has 0 saturated heterocycles. The van der Waals surface area contributed by atoms with Crippen LogP contribution >= 0.6 is 0 Å². The summed E-state index contributed by atoms with van der Waals surface area (Å²) in [7, 11) is 1.67. The van der Waals surface area contributed by atoms with Gasteiger partial charge in [-0.05, 0) is 24.3 Å². The zero-order valence-corrected chi connectivity index (χ0v) is 13.8. The predicted molar refractivity (Wildman–Crippen MR) is 91.8 cm³/mol. The Labute approximate surface area is 145 Å². The second-order valence-corrected chi connectivity index (χ2v) is 5.43. The van der Waals surface area contributed by atoms with Gasteiger partial charge in [0.05, 0.1) is 13.1 Å². The number of fused-ring (bicyclic) bond motifs is 1. The first-order valence-corrected chi connectivity index (χ1v) is 7.87. The lowest BCUT2D eigenvalue weighted by Crippen LogP contribution is -2.45. The maximum atomic E-state index is 11.0. The second kappa shape index (κ2) is 7.61. The van der Waals surface area contributed by atoms with E-state index in [0.29, 0.717) is 31.4 Å². The van der Waals surface area contributed by atoms with Gasteiger partial charge in [0, 0.05) is 7.05 Å². The number of benzene rings is 1. The summed E-state index contributed by atoms with van der Waals surface area (Å²) < 4.78 is 16.9. The standard InChI is InChI=1S/C17H20N4O4/c1-19-17(20-8-11-6-7-15(24-11)16(18)22)21-9-12-10-23-13-4-2-3-5-14(13)25-12/h2-7,12H,8-10H2,1H3,(H2,18,22)(H2,19,20,21). The van der Waals surface area contributed by atoms with Crippen molar-refractivity contribution in [3.05, 3.63) is 47.9 Å². The Bertz CT molecular complexity index is 772. The van der Waals surface area contributed by atoms with E-state index in [2.05, 4.69) is 15.6 Å². The predicted octanol–water partition coefficient (Wildman–Crippen LogP) is 0.884. The molecule has 2 aromatic rings. The highest BCUT2D eigenvalue weighted by molar-refractivity contribution is 5.89. The molecule has 25 heavy (non-hydrogen) atoms. The number of carbonyl (C=O) groups is 1. The summed E-state index contributed by atoms with van der Waals surface area (Å²) in [6.45, 7) is 1.36. The number of aliphatic imine (C=N–C) groups is 1. The van der Waals surface area contributed by atoms with Crippen LogP contribution in [0.25, 0.3) is 0 Å². The van der Waals surface area contributed by atoms with Crippen molar-refractivity contribution in [1.29, 1.82) is 0 Å². The summed E-state index contributed by atoms with van der Waals surface area (Å²) in [5.41, 5.74) is 5.16. The van der Waals surface area contributed by atoms with Crippen LogP contribution in [0.1, 0.15) is 16.3 Å². The average molecular weight is 344 g/mol. The fraction of sp³-hybridized carbons (Fsp3) is 0.294. The highest BCUT2D eigenvalue weighted by Gasteiger charge is 2.20. The monoisotopic (exact) mass is 344 g/mol. The van der Waals surface area contributed by atoms with Gasteiger partial charge in [0.25, 0.3) is 5.91 Å². The van der Waals surface area contributed by atoms with E-state index in [9.17, 15) is 4.79 Å². The Morgan fingerprint density at radius 3 is 2.76 bits per heavy atom. The average Bonchev–Trinajstić information content (AvgIpc) is 3.11. The number of ether oxygens (including phenoxy) is 2. The van der Waals surface area contributed by atoms with Gasteiger partial charge >= 0.3 is 0 Å². The van der Waals surface area contributed by atoms with Gasteiger partial charge in [-0.15, -0.1) is 0 Å². The SMILES string of the molecule is CN=C(NCc1ccc(C(N)=O)o1)NCC1COc2ccccc2O1. The van der Waals surface area contributed by atoms with Crippen molar-refractivity contribution in [2.75, 3.05) is 20.2 Å². The Morgan fingerprint density at radius 2 is 2.04 bits per heavy atom. The van der Waals surface area contributed by atoms with E-state index in [0.717, 1.165) is 11.5 Å². The van der Waals surface area contributed by atoms with Crippen LogP contribution in [0.4, 0.5) is 0 Å². The van der Waals surface area contributed by atoms with E-state index in [-0.39, 0.29) is 11.9 Å². The third-order valence-electron chi connectivity index (χ3n) is 3.62. The minimum absolute atomic E-state index is 0.126. The molecule has 1 unspecified atom stereocenters. The molecule has 0 bridgehead atoms. The highest BCUT2D eigenvalue weighted by atomic mass is 16.6. The van der Waals surface area contributed by atoms with Gasteiger partial charge in [-0.2, -0.15) is 0 Å². The van der Waals surface area contributed by atoms with Gasteiger partial charge in [0.15, 0.2) is 23.2 Å². The van der Waals surface area contributed by atoms with E-state index < -0.39 is 5.91 Å². The molecule has 0 radical (unpaired) electrons. The molecule has 1 aromatic carbocycles. The number of hydrogen-bond donors (Lipinski definition) is 3. The smallest absolute Gasteiger partial charge is 0.284 e. The van der Waals surface area contributed by atoms with E-state index in [1.807, 2.05) is 24.3 Å². The minimum Gasteiger partial charge on any atom is -0.486 e. The van der Waals surface area contributed by atoms with Crippen LogP contribution in [-0.2, 0) is 6.54 Å². The van der Waals surface area contributed by atoms with Gasteiger partial charge in [-0.3, -0.25) is 9.79 Å². The second-order valence-electron chi connectivity index (χ2n) is 5.43. The van der Waals surface area contributed by atoms with Crippen molar-refractivity contribution in [2.45, 2.75) is 12.6 Å². The molecule has 4 N–H and O–H groups in total. The molecular formula is C17H20N4O4. The number of primary amides is 1. The van der Waals surface area contributed by atoms with Crippen LogP contribution in [0.15, 0.2) is 45.8 Å². The molecule has 3 rings (SSSR count). The molecule has 0 saturated carbocycles. The summed E-state index contributed by atoms with van der Waals surface area (Å²) in [5, 5.41) is 6.26. The molecule has 0 fully saturated rings. The van der Waals surface area contributed by atoms with Crippen LogP contribution < -0.4 is 25.8 Å². The molecule has 1 amide bonds. The zero-order valence-electron chi connectivity index (χ0n) is 13.8. The fourth-order valence-electron chi connectivity index (χ4n) is 2.37. The molecule has 0 aliphatic carbocycles. The number of para-hydroxylation sites is 2. The van der Waals surface area contributed by atoms with Crippen LogP contribution in [0, 0.1) is 0 Å². The third-order valence-corrected chi connectivity index (χ3v) is 3.62.